The minimum atomic E-state index is 0.0934. The molecule has 0 saturated carbocycles. The van der Waals surface area contributed by atoms with Gasteiger partial charge in [0.25, 0.3) is 5.91 Å². The van der Waals surface area contributed by atoms with E-state index in [0.717, 1.165) is 22.4 Å². The van der Waals surface area contributed by atoms with Gasteiger partial charge in [0, 0.05) is 23.5 Å². The molecule has 114 valence electrons. The lowest BCUT2D eigenvalue weighted by molar-refractivity contribution is 0.0750. The highest BCUT2D eigenvalue weighted by molar-refractivity contribution is 7.12. The lowest BCUT2D eigenvalue weighted by atomic mass is 10.2. The number of thiophene rings is 2. The molecule has 0 aliphatic carbocycles. The van der Waals surface area contributed by atoms with Gasteiger partial charge in [-0.05, 0) is 47.9 Å². The average molecular weight is 331 g/mol. The van der Waals surface area contributed by atoms with Crippen LogP contribution in [0.1, 0.15) is 25.7 Å². The smallest absolute Gasteiger partial charge is 0.264 e. The van der Waals surface area contributed by atoms with E-state index in [9.17, 15) is 4.79 Å². The molecule has 0 aliphatic rings. The predicted octanol–water partition coefficient (Wildman–Crippen LogP) is 4.60. The Hall–Kier alpha value is -1.85. The van der Waals surface area contributed by atoms with Gasteiger partial charge >= 0.3 is 0 Å². The summed E-state index contributed by atoms with van der Waals surface area (Å²) in [5.41, 5.74) is 2.16. The van der Waals surface area contributed by atoms with Crippen LogP contribution >= 0.6 is 22.7 Å². The Bertz CT molecular complexity index is 714. The third-order valence-corrected chi connectivity index (χ3v) is 5.36. The SMILES string of the molecule is Cc1csc(C(=O)N(CCc2cccs2)Cc2ccoc2)c1. The van der Waals surface area contributed by atoms with Gasteiger partial charge in [-0.25, -0.2) is 0 Å². The normalized spacial score (nSPS) is 10.8. The number of amides is 1. The van der Waals surface area contributed by atoms with Crippen LogP contribution in [0.4, 0.5) is 0 Å². The molecule has 0 unspecified atom stereocenters. The molecule has 3 heterocycles. The van der Waals surface area contributed by atoms with Crippen LogP contribution in [0.15, 0.2) is 52.0 Å². The molecule has 0 aliphatic heterocycles. The monoisotopic (exact) mass is 331 g/mol. The number of aryl methyl sites for hydroxylation is 1. The van der Waals surface area contributed by atoms with Gasteiger partial charge in [-0.3, -0.25) is 4.79 Å². The first-order chi connectivity index (χ1) is 10.7. The summed E-state index contributed by atoms with van der Waals surface area (Å²) < 4.78 is 5.12. The van der Waals surface area contributed by atoms with E-state index in [-0.39, 0.29) is 5.91 Å². The van der Waals surface area contributed by atoms with E-state index in [4.69, 9.17) is 4.42 Å². The lowest BCUT2D eigenvalue weighted by Gasteiger charge is -2.21. The van der Waals surface area contributed by atoms with Crippen molar-refractivity contribution in [2.24, 2.45) is 0 Å². The largest absolute Gasteiger partial charge is 0.472 e. The molecular formula is C17H17NO2S2. The molecule has 22 heavy (non-hydrogen) atoms. The predicted molar refractivity (Wildman–Crippen MR) is 90.5 cm³/mol. The summed E-state index contributed by atoms with van der Waals surface area (Å²) in [5, 5.41) is 4.09. The first kappa shape index (κ1) is 15.1. The Balaban J connectivity index is 1.74. The van der Waals surface area contributed by atoms with E-state index in [2.05, 4.69) is 11.4 Å². The number of nitrogens with zero attached hydrogens (tertiary/aromatic N) is 1. The molecule has 1 amide bonds. The van der Waals surface area contributed by atoms with Crippen LogP contribution in [0.25, 0.3) is 0 Å². The summed E-state index contributed by atoms with van der Waals surface area (Å²) in [4.78, 5) is 16.7. The highest BCUT2D eigenvalue weighted by Gasteiger charge is 2.18. The molecule has 0 saturated heterocycles. The highest BCUT2D eigenvalue weighted by Crippen LogP contribution is 2.19. The van der Waals surface area contributed by atoms with Gasteiger partial charge in [0.1, 0.15) is 0 Å². The number of carbonyl (C=O) groups is 1. The van der Waals surface area contributed by atoms with Crippen LogP contribution < -0.4 is 0 Å². The van der Waals surface area contributed by atoms with E-state index >= 15 is 0 Å². The van der Waals surface area contributed by atoms with E-state index in [0.29, 0.717) is 13.1 Å². The Morgan fingerprint density at radius 2 is 2.23 bits per heavy atom. The van der Waals surface area contributed by atoms with E-state index < -0.39 is 0 Å². The first-order valence-electron chi connectivity index (χ1n) is 7.10. The number of carbonyl (C=O) groups excluding carboxylic acids is 1. The van der Waals surface area contributed by atoms with Crippen molar-refractivity contribution in [2.45, 2.75) is 19.9 Å². The van der Waals surface area contributed by atoms with Gasteiger partial charge in [-0.1, -0.05) is 6.07 Å². The first-order valence-corrected chi connectivity index (χ1v) is 8.86. The molecule has 3 aromatic rings. The molecule has 0 spiro atoms. The third-order valence-electron chi connectivity index (χ3n) is 3.39. The summed E-state index contributed by atoms with van der Waals surface area (Å²) >= 11 is 3.24. The molecule has 5 heteroatoms. The summed E-state index contributed by atoms with van der Waals surface area (Å²) in [6, 6.07) is 8.02. The molecule has 0 bridgehead atoms. The summed E-state index contributed by atoms with van der Waals surface area (Å²) in [5.74, 6) is 0.0934. The summed E-state index contributed by atoms with van der Waals surface area (Å²) in [6.45, 7) is 3.30. The molecule has 3 aromatic heterocycles. The topological polar surface area (TPSA) is 33.5 Å². The van der Waals surface area contributed by atoms with Crippen molar-refractivity contribution in [3.8, 4) is 0 Å². The van der Waals surface area contributed by atoms with Gasteiger partial charge in [0.05, 0.1) is 17.4 Å². The summed E-state index contributed by atoms with van der Waals surface area (Å²) in [6.07, 6.45) is 4.23. The van der Waals surface area contributed by atoms with Crippen molar-refractivity contribution in [1.29, 1.82) is 0 Å². The molecule has 0 aromatic carbocycles. The second-order valence-electron chi connectivity index (χ2n) is 5.18. The van der Waals surface area contributed by atoms with E-state index in [1.54, 1.807) is 23.9 Å². The quantitative estimate of drug-likeness (QED) is 0.661. The van der Waals surface area contributed by atoms with Crippen molar-refractivity contribution in [2.75, 3.05) is 6.54 Å². The van der Waals surface area contributed by atoms with E-state index in [1.165, 1.54) is 16.2 Å². The molecular weight excluding hydrogens is 314 g/mol. The fourth-order valence-electron chi connectivity index (χ4n) is 2.25. The maximum Gasteiger partial charge on any atom is 0.264 e. The second kappa shape index (κ2) is 6.94. The van der Waals surface area contributed by atoms with Crippen molar-refractivity contribution >= 4 is 28.6 Å². The number of hydrogen-bond acceptors (Lipinski definition) is 4. The van der Waals surface area contributed by atoms with Crippen molar-refractivity contribution in [3.05, 3.63) is 68.4 Å². The highest BCUT2D eigenvalue weighted by atomic mass is 32.1. The maximum absolute atomic E-state index is 12.8. The molecule has 0 N–H and O–H groups in total. The summed E-state index contributed by atoms with van der Waals surface area (Å²) in [7, 11) is 0. The Kier molecular flexibility index (Phi) is 4.75. The fraction of sp³-hybridized carbons (Fsp3) is 0.235. The van der Waals surface area contributed by atoms with Gasteiger partial charge in [-0.2, -0.15) is 0 Å². The Morgan fingerprint density at radius 3 is 2.86 bits per heavy atom. The number of furan rings is 1. The van der Waals surface area contributed by atoms with Crippen LogP contribution in [0.2, 0.25) is 0 Å². The van der Waals surface area contributed by atoms with Crippen LogP contribution in [0.3, 0.4) is 0 Å². The van der Waals surface area contributed by atoms with Gasteiger partial charge < -0.3 is 9.32 Å². The fourth-order valence-corrected chi connectivity index (χ4v) is 3.82. The Labute approximate surface area is 137 Å². The molecule has 3 rings (SSSR count). The van der Waals surface area contributed by atoms with Crippen molar-refractivity contribution in [1.82, 2.24) is 4.90 Å². The van der Waals surface area contributed by atoms with E-state index in [1.807, 2.05) is 35.4 Å². The van der Waals surface area contributed by atoms with Crippen LogP contribution in [0, 0.1) is 6.92 Å². The second-order valence-corrected chi connectivity index (χ2v) is 7.12. The molecule has 0 radical (unpaired) electrons. The van der Waals surface area contributed by atoms with Gasteiger partial charge in [0.15, 0.2) is 0 Å². The van der Waals surface area contributed by atoms with Crippen molar-refractivity contribution < 1.29 is 9.21 Å². The minimum Gasteiger partial charge on any atom is -0.472 e. The molecule has 0 fully saturated rings. The minimum absolute atomic E-state index is 0.0934. The number of hydrogen-bond donors (Lipinski definition) is 0. The zero-order valence-electron chi connectivity index (χ0n) is 12.3. The Morgan fingerprint density at radius 1 is 1.32 bits per heavy atom. The van der Waals surface area contributed by atoms with Crippen LogP contribution in [-0.2, 0) is 13.0 Å². The lowest BCUT2D eigenvalue weighted by Crippen LogP contribution is -2.31. The zero-order valence-corrected chi connectivity index (χ0v) is 14.0. The third kappa shape index (κ3) is 3.67. The standard InChI is InChI=1S/C17H17NO2S2/c1-13-9-16(22-12-13)17(19)18(10-14-5-7-20-11-14)6-4-15-3-2-8-21-15/h2-3,5,7-9,11-12H,4,6,10H2,1H3. The van der Waals surface area contributed by atoms with Crippen molar-refractivity contribution in [3.63, 3.8) is 0 Å². The zero-order chi connectivity index (χ0) is 15.4. The van der Waals surface area contributed by atoms with Gasteiger partial charge in [-0.15, -0.1) is 22.7 Å². The average Bonchev–Trinajstić information content (AvgIpc) is 3.25. The van der Waals surface area contributed by atoms with Crippen LogP contribution in [-0.4, -0.2) is 17.4 Å². The van der Waals surface area contributed by atoms with Gasteiger partial charge in [0.2, 0.25) is 0 Å². The molecule has 0 atom stereocenters. The maximum atomic E-state index is 12.8. The molecule has 3 nitrogen and oxygen atoms in total. The van der Waals surface area contributed by atoms with Crippen LogP contribution in [0.5, 0.6) is 0 Å². The number of rotatable bonds is 6.